The van der Waals surface area contributed by atoms with Gasteiger partial charge in [0.25, 0.3) is 0 Å². The summed E-state index contributed by atoms with van der Waals surface area (Å²) in [6, 6.07) is 8.53. The number of nitrogens with zero attached hydrogens (tertiary/aromatic N) is 2. The molecule has 0 atom stereocenters. The molecule has 0 unspecified atom stereocenters. The molecule has 0 aliphatic carbocycles. The van der Waals surface area contributed by atoms with Gasteiger partial charge in [0.1, 0.15) is 0 Å². The Morgan fingerprint density at radius 1 is 1.32 bits per heavy atom. The Hall–Kier alpha value is -1.85. The van der Waals surface area contributed by atoms with Gasteiger partial charge in [-0.25, -0.2) is 4.68 Å². The fourth-order valence-electron chi connectivity index (χ4n) is 2.56. The van der Waals surface area contributed by atoms with Crippen molar-refractivity contribution in [2.45, 2.75) is 13.0 Å². The summed E-state index contributed by atoms with van der Waals surface area (Å²) < 4.78 is 8.71. The van der Waals surface area contributed by atoms with Crippen LogP contribution >= 0.6 is 11.3 Å². The minimum atomic E-state index is 0.571. The van der Waals surface area contributed by atoms with Crippen molar-refractivity contribution in [3.05, 3.63) is 40.9 Å². The maximum absolute atomic E-state index is 5.98. The van der Waals surface area contributed by atoms with Crippen molar-refractivity contribution >= 4 is 27.2 Å². The molecule has 2 N–H and O–H groups in total. The number of benzene rings is 1. The van der Waals surface area contributed by atoms with Crippen LogP contribution in [0.15, 0.2) is 29.6 Å². The molecule has 0 saturated heterocycles. The molecule has 1 aromatic carbocycles. The molecule has 3 aromatic rings. The van der Waals surface area contributed by atoms with Gasteiger partial charge in [0, 0.05) is 16.7 Å². The maximum atomic E-state index is 5.98. The summed E-state index contributed by atoms with van der Waals surface area (Å²) in [6.07, 6.45) is 0.862. The van der Waals surface area contributed by atoms with Crippen LogP contribution in [0.1, 0.15) is 11.3 Å². The Morgan fingerprint density at radius 2 is 2.26 bits per heavy atom. The molecule has 0 saturated carbocycles. The number of aromatic nitrogens is 2. The molecule has 5 heteroatoms. The van der Waals surface area contributed by atoms with Crippen LogP contribution in [0.3, 0.4) is 0 Å². The molecule has 96 valence electrons. The molecule has 4 rings (SSSR count). The van der Waals surface area contributed by atoms with Crippen molar-refractivity contribution in [1.82, 2.24) is 9.78 Å². The highest BCUT2D eigenvalue weighted by atomic mass is 32.1. The van der Waals surface area contributed by atoms with E-state index in [0.717, 1.165) is 24.3 Å². The lowest BCUT2D eigenvalue weighted by Crippen LogP contribution is -2.13. The number of ether oxygens (including phenoxy) is 1. The van der Waals surface area contributed by atoms with E-state index in [1.165, 1.54) is 15.8 Å². The second-order valence-electron chi connectivity index (χ2n) is 4.67. The van der Waals surface area contributed by atoms with E-state index < -0.39 is 0 Å². The molecule has 1 aliphatic heterocycles. The predicted molar refractivity (Wildman–Crippen MR) is 76.7 cm³/mol. The van der Waals surface area contributed by atoms with E-state index in [4.69, 9.17) is 10.5 Å². The van der Waals surface area contributed by atoms with Crippen LogP contribution in [-0.2, 0) is 17.8 Å². The van der Waals surface area contributed by atoms with Crippen LogP contribution in [0.5, 0.6) is 0 Å². The van der Waals surface area contributed by atoms with E-state index >= 15 is 0 Å². The van der Waals surface area contributed by atoms with Crippen LogP contribution in [-0.4, -0.2) is 16.4 Å². The Labute approximate surface area is 114 Å². The highest BCUT2D eigenvalue weighted by Crippen LogP contribution is 2.28. The molecule has 3 heterocycles. The largest absolute Gasteiger partial charge is 0.382 e. The van der Waals surface area contributed by atoms with Crippen molar-refractivity contribution in [3.63, 3.8) is 0 Å². The van der Waals surface area contributed by atoms with E-state index in [1.54, 1.807) is 11.3 Å². The zero-order valence-corrected chi connectivity index (χ0v) is 11.1. The Kier molecular flexibility index (Phi) is 2.36. The fraction of sp³-hybridized carbons (Fsp3) is 0.214. The van der Waals surface area contributed by atoms with Gasteiger partial charge in [-0.3, -0.25) is 0 Å². The van der Waals surface area contributed by atoms with Crippen molar-refractivity contribution < 1.29 is 4.74 Å². The smallest absolute Gasteiger partial charge is 0.151 e. The van der Waals surface area contributed by atoms with E-state index in [2.05, 4.69) is 34.7 Å². The zero-order valence-electron chi connectivity index (χ0n) is 10.3. The van der Waals surface area contributed by atoms with Crippen LogP contribution in [0, 0.1) is 0 Å². The minimum absolute atomic E-state index is 0.571. The van der Waals surface area contributed by atoms with Crippen molar-refractivity contribution in [2.75, 3.05) is 12.3 Å². The van der Waals surface area contributed by atoms with Crippen molar-refractivity contribution in [2.24, 2.45) is 0 Å². The third-order valence-corrected chi connectivity index (χ3v) is 4.43. The number of rotatable bonds is 1. The van der Waals surface area contributed by atoms with E-state index in [-0.39, 0.29) is 0 Å². The molecule has 0 spiro atoms. The van der Waals surface area contributed by atoms with Gasteiger partial charge in [0.15, 0.2) is 5.82 Å². The average Bonchev–Trinajstić information content (AvgIpc) is 3.03. The van der Waals surface area contributed by atoms with Gasteiger partial charge in [-0.2, -0.15) is 5.10 Å². The van der Waals surface area contributed by atoms with Crippen LogP contribution in [0.4, 0.5) is 5.82 Å². The number of nitrogens with two attached hydrogens (primary N) is 1. The molecule has 1 aliphatic rings. The molecular weight excluding hydrogens is 258 g/mol. The Bertz CT molecular complexity index is 759. The van der Waals surface area contributed by atoms with Crippen molar-refractivity contribution in [3.8, 4) is 5.69 Å². The number of fused-ring (bicyclic) bond motifs is 2. The summed E-state index contributed by atoms with van der Waals surface area (Å²) >= 11 is 1.75. The van der Waals surface area contributed by atoms with Gasteiger partial charge >= 0.3 is 0 Å². The standard InChI is InChI=1S/C14H13N3OS/c15-14-11-8-18-5-3-12(11)17(16-14)10-1-2-13-9(7-10)4-6-19-13/h1-2,4,6-7H,3,5,8H2,(H2,15,16). The Balaban J connectivity index is 1.91. The average molecular weight is 271 g/mol. The predicted octanol–water partition coefficient (Wildman–Crippen LogP) is 2.74. The molecule has 4 nitrogen and oxygen atoms in total. The first kappa shape index (κ1) is 11.0. The lowest BCUT2D eigenvalue weighted by atomic mass is 10.1. The number of nitrogen functional groups attached to an aromatic ring is 1. The quantitative estimate of drug-likeness (QED) is 0.740. The number of hydrogen-bond acceptors (Lipinski definition) is 4. The highest BCUT2D eigenvalue weighted by Gasteiger charge is 2.20. The summed E-state index contributed by atoms with van der Waals surface area (Å²) in [6.45, 7) is 1.31. The van der Waals surface area contributed by atoms with E-state index in [9.17, 15) is 0 Å². The topological polar surface area (TPSA) is 53.1 Å². The van der Waals surface area contributed by atoms with Crippen molar-refractivity contribution in [1.29, 1.82) is 0 Å². The Morgan fingerprint density at radius 3 is 3.21 bits per heavy atom. The molecule has 0 bridgehead atoms. The third kappa shape index (κ3) is 1.66. The third-order valence-electron chi connectivity index (χ3n) is 3.53. The monoisotopic (exact) mass is 271 g/mol. The van der Waals surface area contributed by atoms with Crippen LogP contribution in [0.2, 0.25) is 0 Å². The van der Waals surface area contributed by atoms with Gasteiger partial charge in [0.2, 0.25) is 0 Å². The first-order valence-corrected chi connectivity index (χ1v) is 7.12. The van der Waals surface area contributed by atoms with E-state index in [0.29, 0.717) is 12.4 Å². The number of thiophene rings is 1. The maximum Gasteiger partial charge on any atom is 0.151 e. The first-order chi connectivity index (χ1) is 9.33. The minimum Gasteiger partial charge on any atom is -0.382 e. The van der Waals surface area contributed by atoms with Gasteiger partial charge in [0.05, 0.1) is 24.6 Å². The lowest BCUT2D eigenvalue weighted by Gasteiger charge is -2.14. The highest BCUT2D eigenvalue weighted by molar-refractivity contribution is 7.17. The van der Waals surface area contributed by atoms with Gasteiger partial charge < -0.3 is 10.5 Å². The molecule has 19 heavy (non-hydrogen) atoms. The van der Waals surface area contributed by atoms with Gasteiger partial charge in [-0.1, -0.05) is 0 Å². The molecular formula is C14H13N3OS. The first-order valence-electron chi connectivity index (χ1n) is 6.24. The van der Waals surface area contributed by atoms with Gasteiger partial charge in [-0.05, 0) is 35.0 Å². The fourth-order valence-corrected chi connectivity index (χ4v) is 3.33. The lowest BCUT2D eigenvalue weighted by molar-refractivity contribution is 0.110. The normalized spacial score (nSPS) is 14.7. The second kappa shape index (κ2) is 4.08. The number of hydrogen-bond donors (Lipinski definition) is 1. The van der Waals surface area contributed by atoms with Gasteiger partial charge in [-0.15, -0.1) is 11.3 Å². The molecule has 0 fully saturated rings. The van der Waals surface area contributed by atoms with Crippen LogP contribution in [0.25, 0.3) is 15.8 Å². The summed E-state index contributed by atoms with van der Waals surface area (Å²) in [5.74, 6) is 0.583. The number of anilines is 1. The zero-order chi connectivity index (χ0) is 12.8. The summed E-state index contributed by atoms with van der Waals surface area (Å²) in [5.41, 5.74) is 9.27. The summed E-state index contributed by atoms with van der Waals surface area (Å²) in [4.78, 5) is 0. The molecule has 0 amide bonds. The molecule has 0 radical (unpaired) electrons. The van der Waals surface area contributed by atoms with Crippen LogP contribution < -0.4 is 5.73 Å². The molecule has 2 aromatic heterocycles. The summed E-state index contributed by atoms with van der Waals surface area (Å²) in [7, 11) is 0. The second-order valence-corrected chi connectivity index (χ2v) is 5.62. The SMILES string of the molecule is Nc1nn(-c2ccc3sccc3c2)c2c1COCC2. The van der Waals surface area contributed by atoms with E-state index in [1.807, 2.05) is 4.68 Å². The summed E-state index contributed by atoms with van der Waals surface area (Å²) in [5, 5.41) is 7.83.